The van der Waals surface area contributed by atoms with Crippen molar-refractivity contribution < 1.29 is 4.74 Å². The highest BCUT2D eigenvalue weighted by molar-refractivity contribution is 7.80. The minimum atomic E-state index is 0.354. The summed E-state index contributed by atoms with van der Waals surface area (Å²) in [6.45, 7) is 3.68. The van der Waals surface area contributed by atoms with Gasteiger partial charge in [0.15, 0.2) is 0 Å². The molecule has 0 atom stereocenters. The highest BCUT2D eigenvalue weighted by Gasteiger charge is 2.05. The van der Waals surface area contributed by atoms with E-state index in [4.69, 9.17) is 22.7 Å². The molecule has 1 aromatic rings. The van der Waals surface area contributed by atoms with E-state index in [1.807, 2.05) is 24.3 Å². The van der Waals surface area contributed by atoms with E-state index < -0.39 is 0 Å². The van der Waals surface area contributed by atoms with Crippen molar-refractivity contribution >= 4 is 17.2 Å². The molecule has 0 saturated carbocycles. The number of rotatable bonds is 4. The van der Waals surface area contributed by atoms with E-state index in [2.05, 4.69) is 6.58 Å². The molecule has 2 N–H and O–H groups in total. The Hall–Kier alpha value is -1.35. The van der Waals surface area contributed by atoms with Crippen LogP contribution in [0.15, 0.2) is 30.9 Å². The monoisotopic (exact) mass is 207 g/mol. The van der Waals surface area contributed by atoms with Crippen LogP contribution >= 0.6 is 12.2 Å². The lowest BCUT2D eigenvalue weighted by molar-refractivity contribution is 0.414. The van der Waals surface area contributed by atoms with Gasteiger partial charge >= 0.3 is 0 Å². The van der Waals surface area contributed by atoms with Crippen LogP contribution in [0.1, 0.15) is 11.1 Å². The van der Waals surface area contributed by atoms with Gasteiger partial charge in [0.05, 0.1) is 12.7 Å². The second-order valence-corrected chi connectivity index (χ2v) is 3.33. The second kappa shape index (κ2) is 4.77. The zero-order valence-corrected chi connectivity index (χ0v) is 8.93. The fourth-order valence-corrected chi connectivity index (χ4v) is 1.40. The van der Waals surface area contributed by atoms with Crippen LogP contribution in [0.5, 0.6) is 5.75 Å². The first-order chi connectivity index (χ1) is 6.69. The molecule has 0 aliphatic carbocycles. The summed E-state index contributed by atoms with van der Waals surface area (Å²) in [5, 5.41) is 0. The molecule has 0 spiro atoms. The minimum Gasteiger partial charge on any atom is -0.496 e. The molecule has 0 aliphatic rings. The van der Waals surface area contributed by atoms with Crippen LogP contribution in [0.2, 0.25) is 0 Å². The van der Waals surface area contributed by atoms with Gasteiger partial charge in [0, 0.05) is 0 Å². The van der Waals surface area contributed by atoms with Gasteiger partial charge in [-0.15, -0.1) is 6.58 Å². The molecule has 0 heterocycles. The van der Waals surface area contributed by atoms with Crippen molar-refractivity contribution in [2.24, 2.45) is 5.73 Å². The Morgan fingerprint density at radius 1 is 1.64 bits per heavy atom. The summed E-state index contributed by atoms with van der Waals surface area (Å²) in [4.78, 5) is 0.354. The summed E-state index contributed by atoms with van der Waals surface area (Å²) in [5.74, 6) is 0.713. The molecule has 14 heavy (non-hydrogen) atoms. The molecule has 2 nitrogen and oxygen atoms in total. The van der Waals surface area contributed by atoms with Crippen molar-refractivity contribution in [3.8, 4) is 5.75 Å². The normalized spacial score (nSPS) is 9.50. The zero-order valence-electron chi connectivity index (χ0n) is 8.12. The van der Waals surface area contributed by atoms with Crippen molar-refractivity contribution in [3.63, 3.8) is 0 Å². The highest BCUT2D eigenvalue weighted by atomic mass is 32.1. The molecular formula is C11H13NOS. The van der Waals surface area contributed by atoms with Crippen LogP contribution in [-0.4, -0.2) is 12.1 Å². The van der Waals surface area contributed by atoms with E-state index in [1.165, 1.54) is 0 Å². The van der Waals surface area contributed by atoms with Gasteiger partial charge in [-0.05, 0) is 24.1 Å². The van der Waals surface area contributed by atoms with Gasteiger partial charge < -0.3 is 10.5 Å². The number of allylic oxidation sites excluding steroid dienone is 1. The highest BCUT2D eigenvalue weighted by Crippen LogP contribution is 2.20. The summed E-state index contributed by atoms with van der Waals surface area (Å²) in [7, 11) is 1.60. The largest absolute Gasteiger partial charge is 0.496 e. The average molecular weight is 207 g/mol. The quantitative estimate of drug-likeness (QED) is 0.606. The van der Waals surface area contributed by atoms with Crippen molar-refractivity contribution in [2.45, 2.75) is 6.42 Å². The van der Waals surface area contributed by atoms with E-state index >= 15 is 0 Å². The Bertz CT molecular complexity index is 360. The van der Waals surface area contributed by atoms with Gasteiger partial charge in [0.25, 0.3) is 0 Å². The van der Waals surface area contributed by atoms with Crippen molar-refractivity contribution in [2.75, 3.05) is 7.11 Å². The van der Waals surface area contributed by atoms with Crippen LogP contribution in [0.3, 0.4) is 0 Å². The Morgan fingerprint density at radius 2 is 2.36 bits per heavy atom. The smallest absolute Gasteiger partial charge is 0.129 e. The van der Waals surface area contributed by atoms with Gasteiger partial charge in [-0.2, -0.15) is 0 Å². The molecule has 1 rings (SSSR count). The lowest BCUT2D eigenvalue weighted by Crippen LogP contribution is -2.11. The Labute approximate surface area is 89.4 Å². The van der Waals surface area contributed by atoms with E-state index in [-0.39, 0.29) is 0 Å². The third-order valence-corrected chi connectivity index (χ3v) is 2.13. The number of hydrogen-bond acceptors (Lipinski definition) is 2. The van der Waals surface area contributed by atoms with E-state index in [1.54, 1.807) is 7.11 Å². The molecule has 0 aromatic heterocycles. The predicted octanol–water partition coefficient (Wildman–Crippen LogP) is 2.06. The van der Waals surface area contributed by atoms with Crippen LogP contribution in [0.4, 0.5) is 0 Å². The number of benzene rings is 1. The van der Waals surface area contributed by atoms with Gasteiger partial charge in [0.2, 0.25) is 0 Å². The molecule has 0 bridgehead atoms. The van der Waals surface area contributed by atoms with Gasteiger partial charge in [-0.1, -0.05) is 24.4 Å². The molecule has 0 aliphatic heterocycles. The fraction of sp³-hybridized carbons (Fsp3) is 0.182. The average Bonchev–Trinajstić information content (AvgIpc) is 2.18. The first-order valence-electron chi connectivity index (χ1n) is 4.26. The van der Waals surface area contributed by atoms with E-state index in [0.717, 1.165) is 17.5 Å². The molecule has 0 amide bonds. The molecule has 3 heteroatoms. The molecule has 0 fully saturated rings. The number of hydrogen-bond donors (Lipinski definition) is 1. The SMILES string of the molecule is C=CCc1ccc(OC)c(C(N)=S)c1. The standard InChI is InChI=1S/C11H13NOS/c1-3-4-8-5-6-10(13-2)9(7-8)11(12)14/h3,5-7H,1,4H2,2H3,(H2,12,14). The maximum absolute atomic E-state index is 5.58. The van der Waals surface area contributed by atoms with E-state index in [0.29, 0.717) is 10.7 Å². The maximum atomic E-state index is 5.58. The van der Waals surface area contributed by atoms with Crippen molar-refractivity contribution in [1.29, 1.82) is 0 Å². The Balaban J connectivity index is 3.13. The summed E-state index contributed by atoms with van der Waals surface area (Å²) in [6, 6.07) is 5.78. The molecule has 0 radical (unpaired) electrons. The van der Waals surface area contributed by atoms with Crippen LogP contribution < -0.4 is 10.5 Å². The lowest BCUT2D eigenvalue weighted by atomic mass is 10.1. The maximum Gasteiger partial charge on any atom is 0.129 e. The van der Waals surface area contributed by atoms with Crippen molar-refractivity contribution in [1.82, 2.24) is 0 Å². The van der Waals surface area contributed by atoms with Crippen molar-refractivity contribution in [3.05, 3.63) is 42.0 Å². The van der Waals surface area contributed by atoms with Gasteiger partial charge in [0.1, 0.15) is 10.7 Å². The zero-order chi connectivity index (χ0) is 10.6. The lowest BCUT2D eigenvalue weighted by Gasteiger charge is -2.08. The van der Waals surface area contributed by atoms with E-state index in [9.17, 15) is 0 Å². The second-order valence-electron chi connectivity index (χ2n) is 2.89. The molecule has 0 unspecified atom stereocenters. The minimum absolute atomic E-state index is 0.354. The summed E-state index contributed by atoms with van der Waals surface area (Å²) in [6.07, 6.45) is 2.64. The van der Waals surface area contributed by atoms with Crippen LogP contribution in [0.25, 0.3) is 0 Å². The Morgan fingerprint density at radius 3 is 2.86 bits per heavy atom. The molecule has 1 aromatic carbocycles. The Kier molecular flexibility index (Phi) is 3.65. The topological polar surface area (TPSA) is 35.2 Å². The third-order valence-electron chi connectivity index (χ3n) is 1.91. The predicted molar refractivity (Wildman–Crippen MR) is 62.8 cm³/mol. The number of nitrogens with two attached hydrogens (primary N) is 1. The third kappa shape index (κ3) is 2.33. The summed E-state index contributed by atoms with van der Waals surface area (Å²) < 4.78 is 5.15. The summed E-state index contributed by atoms with van der Waals surface area (Å²) >= 11 is 4.93. The number of methoxy groups -OCH3 is 1. The van der Waals surface area contributed by atoms with Gasteiger partial charge in [-0.3, -0.25) is 0 Å². The van der Waals surface area contributed by atoms with Gasteiger partial charge in [-0.25, -0.2) is 0 Å². The number of ether oxygens (including phenoxy) is 1. The van der Waals surface area contributed by atoms with Crippen LogP contribution in [-0.2, 0) is 6.42 Å². The fourth-order valence-electron chi connectivity index (χ4n) is 1.24. The molecular weight excluding hydrogens is 194 g/mol. The van der Waals surface area contributed by atoms with Crippen LogP contribution in [0, 0.1) is 0 Å². The molecule has 0 saturated heterocycles. The number of thiocarbonyl (C=S) groups is 1. The first kappa shape index (κ1) is 10.7. The molecule has 74 valence electrons. The first-order valence-corrected chi connectivity index (χ1v) is 4.67. The summed E-state index contributed by atoms with van der Waals surface area (Å²) in [5.41, 5.74) is 7.49.